The standard InChI is InChI=1S/C19H32N4O3/c1-12(2)7-15(17(25)26)22-16(24)13(10-20)11-23-18(3,4)8-14(21)9-19(23,5)6/h11-12,14-15H,7-9,21H2,1-6H3,(H,22,24)(H,25,26)/b13-11-. The molecule has 1 fully saturated rings. The summed E-state index contributed by atoms with van der Waals surface area (Å²) in [6, 6.07) is 0.946. The van der Waals surface area contributed by atoms with Gasteiger partial charge in [-0.3, -0.25) is 4.79 Å². The molecular weight excluding hydrogens is 332 g/mol. The summed E-state index contributed by atoms with van der Waals surface area (Å²) in [7, 11) is 0. The van der Waals surface area contributed by atoms with Gasteiger partial charge in [0.1, 0.15) is 17.7 Å². The number of aliphatic carboxylic acids is 1. The molecule has 7 heteroatoms. The molecule has 1 heterocycles. The zero-order valence-electron chi connectivity index (χ0n) is 16.7. The van der Waals surface area contributed by atoms with Crippen LogP contribution in [0.2, 0.25) is 0 Å². The minimum atomic E-state index is -1.10. The third-order valence-corrected chi connectivity index (χ3v) is 4.76. The van der Waals surface area contributed by atoms with Gasteiger partial charge in [-0.2, -0.15) is 5.26 Å². The van der Waals surface area contributed by atoms with E-state index < -0.39 is 17.9 Å². The number of nitriles is 1. The third kappa shape index (κ3) is 5.46. The zero-order valence-corrected chi connectivity index (χ0v) is 16.7. The van der Waals surface area contributed by atoms with Gasteiger partial charge in [-0.1, -0.05) is 13.8 Å². The van der Waals surface area contributed by atoms with E-state index in [0.29, 0.717) is 6.42 Å². The molecule has 0 aromatic heterocycles. The lowest BCUT2D eigenvalue weighted by atomic mass is 9.77. The number of carbonyl (C=O) groups excluding carboxylic acids is 1. The van der Waals surface area contributed by atoms with Crippen LogP contribution in [-0.4, -0.2) is 45.0 Å². The Kier molecular flexibility index (Phi) is 6.83. The zero-order chi connectivity index (χ0) is 20.3. The molecule has 0 spiro atoms. The Labute approximate surface area is 156 Å². The van der Waals surface area contributed by atoms with Crippen molar-refractivity contribution in [2.24, 2.45) is 11.7 Å². The number of nitrogens with one attached hydrogen (secondary N) is 1. The number of carboxylic acids is 1. The molecule has 1 aliphatic heterocycles. The highest BCUT2D eigenvalue weighted by molar-refractivity contribution is 5.99. The average Bonchev–Trinajstić information content (AvgIpc) is 2.43. The Balaban J connectivity index is 3.10. The van der Waals surface area contributed by atoms with Crippen molar-refractivity contribution < 1.29 is 14.7 Å². The van der Waals surface area contributed by atoms with Crippen LogP contribution < -0.4 is 11.1 Å². The van der Waals surface area contributed by atoms with Gasteiger partial charge in [-0.05, 0) is 52.9 Å². The van der Waals surface area contributed by atoms with Crippen molar-refractivity contribution >= 4 is 11.9 Å². The van der Waals surface area contributed by atoms with E-state index in [9.17, 15) is 20.0 Å². The van der Waals surface area contributed by atoms with Gasteiger partial charge in [0.15, 0.2) is 0 Å². The number of piperidine rings is 1. The Hall–Kier alpha value is -2.07. The SMILES string of the molecule is CC(C)CC(NC(=O)/C(C#N)=C\N1C(C)(C)CC(N)CC1(C)C)C(=O)O. The van der Waals surface area contributed by atoms with Crippen LogP contribution in [0.3, 0.4) is 0 Å². The molecular formula is C19H32N4O3. The number of likely N-dealkylation sites (tertiary alicyclic amines) is 1. The minimum absolute atomic E-state index is 0.0476. The summed E-state index contributed by atoms with van der Waals surface area (Å²) >= 11 is 0. The fourth-order valence-corrected chi connectivity index (χ4v) is 3.92. The van der Waals surface area contributed by atoms with E-state index in [1.165, 1.54) is 0 Å². The number of hydrogen-bond donors (Lipinski definition) is 3. The van der Waals surface area contributed by atoms with Crippen molar-refractivity contribution in [2.75, 3.05) is 0 Å². The summed E-state index contributed by atoms with van der Waals surface area (Å²) < 4.78 is 0. The fourth-order valence-electron chi connectivity index (χ4n) is 3.92. The average molecular weight is 364 g/mol. The number of carbonyl (C=O) groups is 2. The highest BCUT2D eigenvalue weighted by atomic mass is 16.4. The largest absolute Gasteiger partial charge is 0.480 e. The first kappa shape index (κ1) is 22.0. The summed E-state index contributed by atoms with van der Waals surface area (Å²) in [5.74, 6) is -1.66. The van der Waals surface area contributed by atoms with E-state index >= 15 is 0 Å². The summed E-state index contributed by atoms with van der Waals surface area (Å²) in [4.78, 5) is 25.9. The van der Waals surface area contributed by atoms with Crippen molar-refractivity contribution in [1.29, 1.82) is 5.26 Å². The van der Waals surface area contributed by atoms with Crippen LogP contribution in [0.4, 0.5) is 0 Å². The van der Waals surface area contributed by atoms with Crippen molar-refractivity contribution in [3.05, 3.63) is 11.8 Å². The molecule has 0 aromatic carbocycles. The predicted octanol–water partition coefficient (Wildman–Crippen LogP) is 1.99. The van der Waals surface area contributed by atoms with E-state index in [0.717, 1.165) is 12.8 Å². The third-order valence-electron chi connectivity index (χ3n) is 4.76. The summed E-state index contributed by atoms with van der Waals surface area (Å²) in [6.45, 7) is 11.9. The van der Waals surface area contributed by atoms with Crippen LogP contribution >= 0.6 is 0 Å². The number of rotatable bonds is 6. The minimum Gasteiger partial charge on any atom is -0.480 e. The normalized spacial score (nSPS) is 21.2. The van der Waals surface area contributed by atoms with Crippen LogP contribution in [0.1, 0.15) is 60.8 Å². The van der Waals surface area contributed by atoms with Crippen LogP contribution in [0, 0.1) is 17.2 Å². The highest BCUT2D eigenvalue weighted by Crippen LogP contribution is 2.38. The van der Waals surface area contributed by atoms with E-state index in [1.54, 1.807) is 6.20 Å². The van der Waals surface area contributed by atoms with Gasteiger partial charge in [0.2, 0.25) is 0 Å². The highest BCUT2D eigenvalue weighted by Gasteiger charge is 2.43. The van der Waals surface area contributed by atoms with Crippen molar-refractivity contribution in [1.82, 2.24) is 10.2 Å². The van der Waals surface area contributed by atoms with Crippen molar-refractivity contribution in [3.63, 3.8) is 0 Å². The maximum Gasteiger partial charge on any atom is 0.326 e. The molecule has 0 bridgehead atoms. The quantitative estimate of drug-likeness (QED) is 0.490. The molecule has 26 heavy (non-hydrogen) atoms. The molecule has 1 rings (SSSR count). The maximum atomic E-state index is 12.5. The van der Waals surface area contributed by atoms with Crippen LogP contribution in [0.15, 0.2) is 11.8 Å². The number of hydrogen-bond acceptors (Lipinski definition) is 5. The van der Waals surface area contributed by atoms with E-state index in [-0.39, 0.29) is 28.6 Å². The van der Waals surface area contributed by atoms with Gasteiger partial charge in [0.05, 0.1) is 0 Å². The number of nitrogens with two attached hydrogens (primary N) is 1. The first-order valence-electron chi connectivity index (χ1n) is 9.01. The van der Waals surface area contributed by atoms with E-state index in [1.807, 2.05) is 52.5 Å². The monoisotopic (exact) mass is 364 g/mol. The summed E-state index contributed by atoms with van der Waals surface area (Å²) in [5, 5.41) is 21.2. The van der Waals surface area contributed by atoms with Gasteiger partial charge in [0.25, 0.3) is 5.91 Å². The molecule has 1 unspecified atom stereocenters. The van der Waals surface area contributed by atoms with Gasteiger partial charge in [0, 0.05) is 23.3 Å². The van der Waals surface area contributed by atoms with Crippen LogP contribution in [-0.2, 0) is 9.59 Å². The van der Waals surface area contributed by atoms with E-state index in [2.05, 4.69) is 5.32 Å². The number of nitrogens with zero attached hydrogens (tertiary/aromatic N) is 2. The van der Waals surface area contributed by atoms with Gasteiger partial charge in [-0.15, -0.1) is 0 Å². The first-order chi connectivity index (χ1) is 11.8. The lowest BCUT2D eigenvalue weighted by Crippen LogP contribution is -2.61. The molecule has 4 N–H and O–H groups in total. The second-order valence-electron chi connectivity index (χ2n) is 8.81. The lowest BCUT2D eigenvalue weighted by molar-refractivity contribution is -0.141. The lowest BCUT2D eigenvalue weighted by Gasteiger charge is -2.54. The molecule has 1 saturated heterocycles. The molecule has 7 nitrogen and oxygen atoms in total. The Morgan fingerprint density at radius 1 is 1.31 bits per heavy atom. The summed E-state index contributed by atoms with van der Waals surface area (Å²) in [6.07, 6.45) is 3.32. The summed E-state index contributed by atoms with van der Waals surface area (Å²) in [5.41, 5.74) is 5.41. The van der Waals surface area contributed by atoms with Crippen molar-refractivity contribution in [3.8, 4) is 6.07 Å². The molecule has 0 aromatic rings. The fraction of sp³-hybridized carbons (Fsp3) is 0.737. The topological polar surface area (TPSA) is 119 Å². The Bertz CT molecular complexity index is 599. The van der Waals surface area contributed by atoms with Gasteiger partial charge in [-0.25, -0.2) is 4.79 Å². The molecule has 0 aliphatic carbocycles. The van der Waals surface area contributed by atoms with Gasteiger partial charge < -0.3 is 21.1 Å². The molecule has 1 aliphatic rings. The molecule has 0 saturated carbocycles. The second kappa shape index (κ2) is 8.09. The van der Waals surface area contributed by atoms with E-state index in [4.69, 9.17) is 5.73 Å². The number of amides is 1. The van der Waals surface area contributed by atoms with Crippen LogP contribution in [0.5, 0.6) is 0 Å². The molecule has 1 atom stereocenters. The Morgan fingerprint density at radius 2 is 1.81 bits per heavy atom. The maximum absolute atomic E-state index is 12.5. The molecule has 146 valence electrons. The molecule has 0 radical (unpaired) electrons. The second-order valence-corrected chi connectivity index (χ2v) is 8.81. The van der Waals surface area contributed by atoms with Gasteiger partial charge >= 0.3 is 5.97 Å². The molecule has 1 amide bonds. The Morgan fingerprint density at radius 3 is 2.19 bits per heavy atom. The first-order valence-corrected chi connectivity index (χ1v) is 9.01. The van der Waals surface area contributed by atoms with Crippen LogP contribution in [0.25, 0.3) is 0 Å². The van der Waals surface area contributed by atoms with Crippen molar-refractivity contribution in [2.45, 2.75) is 84.0 Å². The smallest absolute Gasteiger partial charge is 0.326 e. The predicted molar refractivity (Wildman–Crippen MR) is 99.9 cm³/mol. The number of carboxylic acid groups (broad SMARTS) is 1.